The topological polar surface area (TPSA) is 53.6 Å². The number of ether oxygens (including phenoxy) is 1. The fraction of sp³-hybridized carbons (Fsp3) is 0.929. The van der Waals surface area contributed by atoms with E-state index in [0.29, 0.717) is 0 Å². The van der Waals surface area contributed by atoms with Gasteiger partial charge in [0.25, 0.3) is 0 Å². The predicted octanol–water partition coefficient (Wildman–Crippen LogP) is 0.215. The number of nitrogens with one attached hydrogen (secondary N) is 2. The first kappa shape index (κ1) is 14.8. The Morgan fingerprint density at radius 1 is 1.42 bits per heavy atom. The van der Waals surface area contributed by atoms with Gasteiger partial charge in [-0.1, -0.05) is 6.92 Å². The van der Waals surface area contributed by atoms with E-state index in [-0.39, 0.29) is 11.3 Å². The fourth-order valence-electron chi connectivity index (χ4n) is 2.96. The van der Waals surface area contributed by atoms with Gasteiger partial charge in [-0.2, -0.15) is 0 Å². The van der Waals surface area contributed by atoms with E-state index < -0.39 is 0 Å². The van der Waals surface area contributed by atoms with E-state index in [4.69, 9.17) is 4.74 Å². The summed E-state index contributed by atoms with van der Waals surface area (Å²) in [5, 5.41) is 6.49. The Bertz CT molecular complexity index is 284. The van der Waals surface area contributed by atoms with Gasteiger partial charge in [0.05, 0.1) is 18.6 Å². The number of piperidine rings is 1. The van der Waals surface area contributed by atoms with E-state index in [0.717, 1.165) is 71.7 Å². The largest absolute Gasteiger partial charge is 0.379 e. The smallest absolute Gasteiger partial charge is 0.227 e. The first-order valence-corrected chi connectivity index (χ1v) is 7.56. The lowest BCUT2D eigenvalue weighted by Gasteiger charge is -2.35. The van der Waals surface area contributed by atoms with Gasteiger partial charge >= 0.3 is 0 Å². The lowest BCUT2D eigenvalue weighted by molar-refractivity contribution is -0.132. The van der Waals surface area contributed by atoms with Crippen LogP contribution in [0, 0.1) is 5.41 Å². The molecule has 2 aliphatic rings. The Labute approximate surface area is 116 Å². The molecule has 5 heteroatoms. The summed E-state index contributed by atoms with van der Waals surface area (Å²) in [6.07, 6.45) is 3.04. The van der Waals surface area contributed by atoms with Crippen molar-refractivity contribution >= 4 is 5.91 Å². The summed E-state index contributed by atoms with van der Waals surface area (Å²) < 4.78 is 5.32. The minimum absolute atomic E-state index is 0.177. The standard InChI is InChI=1S/C14H27N3O2/c1-2-14(4-3-5-15-12-14)13(18)16-6-7-17-8-10-19-11-9-17/h15H,2-12H2,1H3,(H,16,18). The molecule has 0 saturated carbocycles. The van der Waals surface area contributed by atoms with Crippen LogP contribution in [0.2, 0.25) is 0 Å². The number of nitrogens with zero attached hydrogens (tertiary/aromatic N) is 1. The van der Waals surface area contributed by atoms with Crippen molar-refractivity contribution in [2.24, 2.45) is 5.41 Å². The van der Waals surface area contributed by atoms with Gasteiger partial charge in [-0.15, -0.1) is 0 Å². The summed E-state index contributed by atoms with van der Waals surface area (Å²) in [7, 11) is 0. The number of morpholine rings is 1. The van der Waals surface area contributed by atoms with Crippen LogP contribution in [0.3, 0.4) is 0 Å². The Balaban J connectivity index is 1.73. The summed E-state index contributed by atoms with van der Waals surface area (Å²) in [5.74, 6) is 0.232. The molecule has 1 unspecified atom stereocenters. The van der Waals surface area contributed by atoms with E-state index >= 15 is 0 Å². The monoisotopic (exact) mass is 269 g/mol. The van der Waals surface area contributed by atoms with E-state index in [1.54, 1.807) is 0 Å². The third-order valence-corrected chi connectivity index (χ3v) is 4.45. The van der Waals surface area contributed by atoms with Gasteiger partial charge in [-0.05, 0) is 25.8 Å². The van der Waals surface area contributed by atoms with Crippen LogP contribution in [0.5, 0.6) is 0 Å². The van der Waals surface area contributed by atoms with Crippen molar-refractivity contribution in [3.63, 3.8) is 0 Å². The number of carbonyl (C=O) groups is 1. The molecule has 2 aliphatic heterocycles. The minimum atomic E-state index is -0.177. The summed E-state index contributed by atoms with van der Waals surface area (Å²) in [6, 6.07) is 0. The molecule has 110 valence electrons. The maximum absolute atomic E-state index is 12.4. The molecule has 2 N–H and O–H groups in total. The lowest BCUT2D eigenvalue weighted by Crippen LogP contribution is -2.51. The van der Waals surface area contributed by atoms with Crippen LogP contribution in [0.1, 0.15) is 26.2 Å². The third kappa shape index (κ3) is 3.91. The maximum atomic E-state index is 12.4. The molecule has 5 nitrogen and oxygen atoms in total. The molecule has 0 bridgehead atoms. The molecule has 0 aliphatic carbocycles. The van der Waals surface area contributed by atoms with Crippen LogP contribution in [0.25, 0.3) is 0 Å². The molecule has 19 heavy (non-hydrogen) atoms. The van der Waals surface area contributed by atoms with Gasteiger partial charge < -0.3 is 15.4 Å². The Morgan fingerprint density at radius 2 is 2.21 bits per heavy atom. The lowest BCUT2D eigenvalue weighted by atomic mass is 9.77. The van der Waals surface area contributed by atoms with Crippen LogP contribution < -0.4 is 10.6 Å². The molecule has 1 amide bonds. The van der Waals surface area contributed by atoms with Crippen LogP contribution in [0.4, 0.5) is 0 Å². The van der Waals surface area contributed by atoms with Gasteiger partial charge in [0.15, 0.2) is 0 Å². The van der Waals surface area contributed by atoms with Gasteiger partial charge in [0, 0.05) is 32.7 Å². The maximum Gasteiger partial charge on any atom is 0.227 e. The van der Waals surface area contributed by atoms with Gasteiger partial charge in [0.2, 0.25) is 5.91 Å². The normalized spacial score (nSPS) is 29.1. The molecule has 2 rings (SSSR count). The van der Waals surface area contributed by atoms with E-state index in [1.165, 1.54) is 0 Å². The molecule has 2 fully saturated rings. The highest BCUT2D eigenvalue weighted by Crippen LogP contribution is 2.30. The summed E-state index contributed by atoms with van der Waals surface area (Å²) in [6.45, 7) is 9.27. The summed E-state index contributed by atoms with van der Waals surface area (Å²) in [4.78, 5) is 14.7. The zero-order valence-corrected chi connectivity index (χ0v) is 12.0. The zero-order chi connectivity index (χ0) is 13.6. The number of amides is 1. The Morgan fingerprint density at radius 3 is 2.84 bits per heavy atom. The van der Waals surface area contributed by atoms with Crippen molar-refractivity contribution in [3.05, 3.63) is 0 Å². The SMILES string of the molecule is CCC1(C(=O)NCCN2CCOCC2)CCCNC1. The highest BCUT2D eigenvalue weighted by molar-refractivity contribution is 5.83. The van der Waals surface area contributed by atoms with Crippen molar-refractivity contribution in [2.75, 3.05) is 52.5 Å². The second-order valence-electron chi connectivity index (χ2n) is 5.62. The molecular formula is C14H27N3O2. The van der Waals surface area contributed by atoms with Crippen LogP contribution >= 0.6 is 0 Å². The number of carbonyl (C=O) groups excluding carboxylic acids is 1. The second-order valence-corrected chi connectivity index (χ2v) is 5.62. The molecule has 0 aromatic rings. The number of hydrogen-bond acceptors (Lipinski definition) is 4. The highest BCUT2D eigenvalue weighted by atomic mass is 16.5. The summed E-state index contributed by atoms with van der Waals surface area (Å²) >= 11 is 0. The van der Waals surface area contributed by atoms with Crippen LogP contribution in [-0.4, -0.2) is 63.3 Å². The molecular weight excluding hydrogens is 242 g/mol. The first-order valence-electron chi connectivity index (χ1n) is 7.56. The fourth-order valence-corrected chi connectivity index (χ4v) is 2.96. The predicted molar refractivity (Wildman–Crippen MR) is 75.1 cm³/mol. The minimum Gasteiger partial charge on any atom is -0.379 e. The summed E-state index contributed by atoms with van der Waals surface area (Å²) in [5.41, 5.74) is -0.177. The van der Waals surface area contributed by atoms with Crippen molar-refractivity contribution < 1.29 is 9.53 Å². The van der Waals surface area contributed by atoms with Gasteiger partial charge in [-0.25, -0.2) is 0 Å². The third-order valence-electron chi connectivity index (χ3n) is 4.45. The Hall–Kier alpha value is -0.650. The van der Waals surface area contributed by atoms with Crippen molar-refractivity contribution in [2.45, 2.75) is 26.2 Å². The molecule has 0 spiro atoms. The van der Waals surface area contributed by atoms with Gasteiger partial charge in [0.1, 0.15) is 0 Å². The molecule has 2 saturated heterocycles. The van der Waals surface area contributed by atoms with Crippen LogP contribution in [-0.2, 0) is 9.53 Å². The van der Waals surface area contributed by atoms with Crippen molar-refractivity contribution in [1.29, 1.82) is 0 Å². The first-order chi connectivity index (χ1) is 9.27. The van der Waals surface area contributed by atoms with Crippen LogP contribution in [0.15, 0.2) is 0 Å². The average molecular weight is 269 g/mol. The number of hydrogen-bond donors (Lipinski definition) is 2. The van der Waals surface area contributed by atoms with E-state index in [2.05, 4.69) is 22.5 Å². The van der Waals surface area contributed by atoms with Crippen molar-refractivity contribution in [1.82, 2.24) is 15.5 Å². The number of rotatable bonds is 5. The highest BCUT2D eigenvalue weighted by Gasteiger charge is 2.37. The van der Waals surface area contributed by atoms with E-state index in [9.17, 15) is 4.79 Å². The molecule has 1 atom stereocenters. The molecule has 0 aromatic carbocycles. The van der Waals surface area contributed by atoms with Gasteiger partial charge in [-0.3, -0.25) is 9.69 Å². The van der Waals surface area contributed by atoms with Crippen molar-refractivity contribution in [3.8, 4) is 0 Å². The molecule has 2 heterocycles. The van der Waals surface area contributed by atoms with E-state index in [1.807, 2.05) is 0 Å². The zero-order valence-electron chi connectivity index (χ0n) is 12.0. The second kappa shape index (κ2) is 7.22. The molecule has 0 aromatic heterocycles. The average Bonchev–Trinajstić information content (AvgIpc) is 2.49. The quantitative estimate of drug-likeness (QED) is 0.749. The Kier molecular flexibility index (Phi) is 5.60. The molecule has 0 radical (unpaired) electrons.